The van der Waals surface area contributed by atoms with Crippen LogP contribution in [0.25, 0.3) is 0 Å². The van der Waals surface area contributed by atoms with Crippen molar-refractivity contribution in [3.8, 4) is 23.0 Å². The maximum Gasteiger partial charge on any atom is 0.135 e. The van der Waals surface area contributed by atoms with Crippen molar-refractivity contribution in [1.82, 2.24) is 0 Å². The third-order valence-electron chi connectivity index (χ3n) is 11.5. The molecule has 0 amide bonds. The molecule has 0 spiro atoms. The Bertz CT molecular complexity index is 1760. The van der Waals surface area contributed by atoms with E-state index in [1.807, 2.05) is 50.2 Å². The minimum absolute atomic E-state index is 0.108. The smallest absolute Gasteiger partial charge is 0.135 e. The predicted molar refractivity (Wildman–Crippen MR) is 210 cm³/mol. The van der Waals surface area contributed by atoms with Gasteiger partial charge in [-0.2, -0.15) is 0 Å². The lowest BCUT2D eigenvalue weighted by atomic mass is 9.78. The molecule has 4 aromatic carbocycles. The van der Waals surface area contributed by atoms with Crippen LogP contribution in [0.3, 0.4) is 0 Å². The van der Waals surface area contributed by atoms with Gasteiger partial charge in [-0.25, -0.2) is 0 Å². The van der Waals surface area contributed by atoms with Crippen molar-refractivity contribution >= 4 is 0 Å². The lowest BCUT2D eigenvalue weighted by molar-refractivity contribution is -0.0630. The molecule has 0 aromatic heterocycles. The van der Waals surface area contributed by atoms with Crippen LogP contribution in [0.2, 0.25) is 0 Å². The van der Waals surface area contributed by atoms with Crippen LogP contribution in [0.5, 0.6) is 23.0 Å². The number of ether oxygens (including phenoxy) is 6. The Morgan fingerprint density at radius 3 is 1.36 bits per heavy atom. The Labute approximate surface area is 316 Å². The van der Waals surface area contributed by atoms with Gasteiger partial charge in [-0.1, -0.05) is 90.1 Å². The summed E-state index contributed by atoms with van der Waals surface area (Å²) < 4.78 is 35.5. The van der Waals surface area contributed by atoms with Gasteiger partial charge in [-0.05, 0) is 97.5 Å². The first-order valence-electron chi connectivity index (χ1n) is 19.2. The van der Waals surface area contributed by atoms with Gasteiger partial charge in [0, 0.05) is 17.3 Å². The molecule has 53 heavy (non-hydrogen) atoms. The van der Waals surface area contributed by atoms with Gasteiger partial charge < -0.3 is 33.5 Å². The zero-order valence-electron chi connectivity index (χ0n) is 32.8. The van der Waals surface area contributed by atoms with Crippen LogP contribution in [0, 0.1) is 0 Å². The van der Waals surface area contributed by atoms with E-state index >= 15 is 0 Å². The summed E-state index contributed by atoms with van der Waals surface area (Å²) in [5.74, 6) is 3.14. The molecule has 7 heteroatoms. The highest BCUT2D eigenvalue weighted by Gasteiger charge is 2.36. The van der Waals surface area contributed by atoms with E-state index in [0.29, 0.717) is 30.6 Å². The third kappa shape index (κ3) is 9.56. The van der Waals surface area contributed by atoms with Crippen molar-refractivity contribution in [1.29, 1.82) is 0 Å². The van der Waals surface area contributed by atoms with E-state index in [4.69, 9.17) is 28.4 Å². The zero-order valence-corrected chi connectivity index (χ0v) is 32.8. The number of rotatable bonds is 19. The molecule has 5 unspecified atom stereocenters. The molecule has 2 fully saturated rings. The van der Waals surface area contributed by atoms with E-state index in [-0.39, 0.29) is 29.1 Å². The largest absolute Gasteiger partial charge is 0.491 e. The molecule has 4 aromatic rings. The monoisotopic (exact) mass is 722 g/mol. The summed E-state index contributed by atoms with van der Waals surface area (Å²) in [4.78, 5) is 0. The summed E-state index contributed by atoms with van der Waals surface area (Å²) in [6, 6.07) is 33.1. The van der Waals surface area contributed by atoms with Crippen molar-refractivity contribution in [2.45, 2.75) is 115 Å². The van der Waals surface area contributed by atoms with Gasteiger partial charge in [-0.15, -0.1) is 0 Å². The number of hydrogen-bond donors (Lipinski definition) is 1. The quantitative estimate of drug-likeness (QED) is 0.0966. The average molecular weight is 723 g/mol. The van der Waals surface area contributed by atoms with Crippen molar-refractivity contribution in [3.63, 3.8) is 0 Å². The zero-order chi connectivity index (χ0) is 37.9. The molecule has 0 saturated carbocycles. The van der Waals surface area contributed by atoms with Crippen molar-refractivity contribution < 1.29 is 33.5 Å². The number of aliphatic hydroxyl groups excluding tert-OH is 1. The summed E-state index contributed by atoms with van der Waals surface area (Å²) in [6.07, 6.45) is 2.15. The van der Waals surface area contributed by atoms with E-state index in [0.717, 1.165) is 37.6 Å². The Hall–Kier alpha value is -4.04. The fraction of sp³-hybridized carbons (Fsp3) is 0.478. The fourth-order valence-corrected chi connectivity index (χ4v) is 6.71. The van der Waals surface area contributed by atoms with Crippen molar-refractivity contribution in [2.24, 2.45) is 0 Å². The summed E-state index contributed by atoms with van der Waals surface area (Å²) in [5, 5.41) is 11.3. The second-order valence-electron chi connectivity index (χ2n) is 16.3. The number of hydrogen-bond acceptors (Lipinski definition) is 7. The highest BCUT2D eigenvalue weighted by molar-refractivity contribution is 5.43. The van der Waals surface area contributed by atoms with Crippen molar-refractivity contribution in [2.75, 3.05) is 26.4 Å². The fourth-order valence-electron chi connectivity index (χ4n) is 6.71. The Morgan fingerprint density at radius 2 is 0.962 bits per heavy atom. The molecule has 6 rings (SSSR count). The molecule has 2 aliphatic heterocycles. The molecule has 284 valence electrons. The molecule has 1 N–H and O–H groups in total. The highest BCUT2D eigenvalue weighted by atomic mass is 16.6. The van der Waals surface area contributed by atoms with E-state index < -0.39 is 11.7 Å². The minimum atomic E-state index is -0.848. The maximum atomic E-state index is 11.3. The topological polar surface area (TPSA) is 82.2 Å². The van der Waals surface area contributed by atoms with Gasteiger partial charge in [0.05, 0.1) is 19.3 Å². The molecule has 0 bridgehead atoms. The molecule has 0 radical (unpaired) electrons. The van der Waals surface area contributed by atoms with Crippen molar-refractivity contribution in [3.05, 3.63) is 119 Å². The first-order chi connectivity index (χ1) is 25.2. The van der Waals surface area contributed by atoms with Crippen LogP contribution in [-0.2, 0) is 20.3 Å². The lowest BCUT2D eigenvalue weighted by Gasteiger charge is -2.34. The van der Waals surface area contributed by atoms with Crippen LogP contribution in [0.1, 0.15) is 96.9 Å². The molecule has 0 aliphatic carbocycles. The average Bonchev–Trinajstić information content (AvgIpc) is 4.11. The van der Waals surface area contributed by atoms with Crippen LogP contribution in [0.15, 0.2) is 97.1 Å². The number of benzene rings is 4. The molecule has 5 atom stereocenters. The second-order valence-corrected chi connectivity index (χ2v) is 16.3. The van der Waals surface area contributed by atoms with E-state index in [1.54, 1.807) is 0 Å². The first-order valence-corrected chi connectivity index (χ1v) is 19.2. The highest BCUT2D eigenvalue weighted by Crippen LogP contribution is 2.37. The van der Waals surface area contributed by atoms with Gasteiger partial charge in [0.15, 0.2) is 0 Å². The van der Waals surface area contributed by atoms with E-state index in [9.17, 15) is 5.11 Å². The Balaban J connectivity index is 1.02. The van der Waals surface area contributed by atoms with Crippen LogP contribution < -0.4 is 18.9 Å². The summed E-state index contributed by atoms with van der Waals surface area (Å²) in [5.41, 5.74) is 3.21. The molecular formula is C46H58O7. The minimum Gasteiger partial charge on any atom is -0.491 e. The lowest BCUT2D eigenvalue weighted by Crippen LogP contribution is -2.47. The second kappa shape index (κ2) is 15.7. The number of aliphatic hydroxyl groups is 1. The van der Waals surface area contributed by atoms with E-state index in [2.05, 4.69) is 102 Å². The van der Waals surface area contributed by atoms with Gasteiger partial charge in [-0.3, -0.25) is 0 Å². The summed E-state index contributed by atoms with van der Waals surface area (Å²) >= 11 is 0. The number of epoxide rings is 2. The molecule has 2 heterocycles. The van der Waals surface area contributed by atoms with E-state index in [1.165, 1.54) is 22.3 Å². The molecule has 2 saturated heterocycles. The molecule has 2 aliphatic rings. The van der Waals surface area contributed by atoms with Gasteiger partial charge in [0.1, 0.15) is 59.6 Å². The third-order valence-corrected chi connectivity index (χ3v) is 11.5. The maximum absolute atomic E-state index is 11.3. The summed E-state index contributed by atoms with van der Waals surface area (Å²) in [7, 11) is 0. The van der Waals surface area contributed by atoms with Gasteiger partial charge in [0.2, 0.25) is 0 Å². The van der Waals surface area contributed by atoms with Crippen LogP contribution in [0.4, 0.5) is 0 Å². The van der Waals surface area contributed by atoms with Crippen LogP contribution >= 0.6 is 0 Å². The standard InChI is InChI=1S/C46H58O7/c1-9-45(7,27-40-28-49-40)52-38-23-15-34(16-24-38)43(3,4)33-13-21-37(22-14-33)51-31-42(47)46(8,10-2)53-39-25-17-35(18-26-39)44(5,6)32-11-19-36(20-12-32)48-29-41-30-50-41/h11-26,40-42,47H,9-10,27-31H2,1-8H3. The SMILES string of the molecule is CCC(C)(CC1CO1)Oc1ccc(C(C)(C)c2ccc(OCC(O)C(C)(CC)Oc3ccc(C(C)(C)c4ccc(OCC5CO5)cc4)cc3)cc2)cc1. The summed E-state index contributed by atoms with van der Waals surface area (Å²) in [6.45, 7) is 19.5. The van der Waals surface area contributed by atoms with Crippen LogP contribution in [-0.4, -0.2) is 61.0 Å². The van der Waals surface area contributed by atoms with Gasteiger partial charge in [0.25, 0.3) is 0 Å². The Morgan fingerprint density at radius 1 is 0.566 bits per heavy atom. The van der Waals surface area contributed by atoms with Gasteiger partial charge >= 0.3 is 0 Å². The Kier molecular flexibility index (Phi) is 11.5. The first kappa shape index (κ1) is 38.7. The molecule has 7 nitrogen and oxygen atoms in total. The normalized spacial score (nSPS) is 19.7. The molecular weight excluding hydrogens is 664 g/mol. The predicted octanol–water partition coefficient (Wildman–Crippen LogP) is 9.44.